The lowest BCUT2D eigenvalue weighted by atomic mass is 10.1. The van der Waals surface area contributed by atoms with Gasteiger partial charge in [-0.1, -0.05) is 0 Å². The minimum Gasteiger partial charge on any atom is -0.455 e. The van der Waals surface area contributed by atoms with Crippen LogP contribution in [0.2, 0.25) is 0 Å². The van der Waals surface area contributed by atoms with E-state index in [-0.39, 0.29) is 23.2 Å². The Kier molecular flexibility index (Phi) is 7.48. The Morgan fingerprint density at radius 2 is 1.80 bits per heavy atom. The number of carbonyl (C=O) groups excluding carboxylic acids is 2. The molecule has 4 N–H and O–H groups in total. The molecule has 13 heteroatoms. The van der Waals surface area contributed by atoms with Gasteiger partial charge in [0.1, 0.15) is 23.3 Å². The molecule has 3 aromatic rings. The second kappa shape index (κ2) is 11.0. The summed E-state index contributed by atoms with van der Waals surface area (Å²) in [7, 11) is 1.97. The number of halogens is 3. The summed E-state index contributed by atoms with van der Waals surface area (Å²) in [6, 6.07) is 11.0. The van der Waals surface area contributed by atoms with Gasteiger partial charge in [-0.25, -0.2) is 9.97 Å². The van der Waals surface area contributed by atoms with Crippen molar-refractivity contribution in [3.63, 3.8) is 0 Å². The quantitative estimate of drug-likeness (QED) is 0.406. The molecule has 0 bridgehead atoms. The highest BCUT2D eigenvalue weighted by molar-refractivity contribution is 5.92. The summed E-state index contributed by atoms with van der Waals surface area (Å²) in [5.74, 6) is 0.270. The number of amides is 2. The summed E-state index contributed by atoms with van der Waals surface area (Å²) < 4.78 is 46.4. The van der Waals surface area contributed by atoms with Gasteiger partial charge >= 0.3 is 6.18 Å². The minimum absolute atomic E-state index is 0.0206. The third-order valence-corrected chi connectivity index (χ3v) is 6.82. The number of nitrogens with zero attached hydrogens (tertiary/aromatic N) is 4. The molecule has 2 fully saturated rings. The number of aromatic nitrogens is 2. The van der Waals surface area contributed by atoms with E-state index in [4.69, 9.17) is 10.5 Å². The zero-order valence-corrected chi connectivity index (χ0v) is 21.7. The second-order valence-electron chi connectivity index (χ2n) is 9.70. The van der Waals surface area contributed by atoms with Crippen molar-refractivity contribution in [1.29, 1.82) is 0 Å². The fourth-order valence-electron chi connectivity index (χ4n) is 4.56. The van der Waals surface area contributed by atoms with Gasteiger partial charge in [0, 0.05) is 44.4 Å². The predicted molar refractivity (Wildman–Crippen MR) is 142 cm³/mol. The van der Waals surface area contributed by atoms with Crippen LogP contribution in [0.5, 0.6) is 11.5 Å². The Bertz CT molecular complexity index is 1410. The first-order valence-electron chi connectivity index (χ1n) is 12.7. The molecule has 10 nitrogen and oxygen atoms in total. The topological polar surface area (TPSA) is 126 Å². The molecule has 2 aliphatic heterocycles. The van der Waals surface area contributed by atoms with Crippen LogP contribution in [-0.2, 0) is 11.0 Å². The molecule has 0 saturated carbocycles. The van der Waals surface area contributed by atoms with Crippen LogP contribution in [0.4, 0.5) is 24.7 Å². The fourth-order valence-corrected chi connectivity index (χ4v) is 4.56. The Hall–Kier alpha value is -4.39. The molecule has 2 aliphatic rings. The van der Waals surface area contributed by atoms with Gasteiger partial charge in [-0.05, 0) is 55.9 Å². The van der Waals surface area contributed by atoms with Gasteiger partial charge in [-0.3, -0.25) is 9.59 Å². The number of ether oxygens (including phenoxy) is 1. The molecule has 210 valence electrons. The van der Waals surface area contributed by atoms with E-state index in [2.05, 4.69) is 25.5 Å². The first-order chi connectivity index (χ1) is 19.1. The summed E-state index contributed by atoms with van der Waals surface area (Å²) in [5, 5.41) is 5.74. The first kappa shape index (κ1) is 27.2. The standard InChI is InChI=1S/C27H28F3N7O3/c1-36-10-12-37(13-11-36)21-14-17(27(28,29)30)4-7-22(21)40-18-5-2-16(3-6-18)25-34-20(24(31)38)15-23(35-25)33-19-8-9-32-26(19)39/h2-7,14-15,19H,8-13H2,1H3,(H2,31,38)(H,32,39)(H,33,34,35)/t19-/m0/s1. The van der Waals surface area contributed by atoms with E-state index >= 15 is 0 Å². The average Bonchev–Trinajstić information content (AvgIpc) is 3.33. The van der Waals surface area contributed by atoms with E-state index in [1.807, 2.05) is 11.9 Å². The van der Waals surface area contributed by atoms with E-state index < -0.39 is 23.7 Å². The number of piperazine rings is 1. The highest BCUT2D eigenvalue weighted by Crippen LogP contribution is 2.39. The molecule has 1 atom stereocenters. The fraction of sp³-hybridized carbons (Fsp3) is 0.333. The normalized spacial score (nSPS) is 17.9. The van der Waals surface area contributed by atoms with Crippen molar-refractivity contribution < 1.29 is 27.5 Å². The maximum absolute atomic E-state index is 13.5. The number of benzene rings is 2. The Balaban J connectivity index is 1.40. The number of likely N-dealkylation sites (N-methyl/N-ethyl adjacent to an activating group) is 1. The lowest BCUT2D eigenvalue weighted by molar-refractivity contribution is -0.137. The number of anilines is 2. The zero-order valence-electron chi connectivity index (χ0n) is 21.7. The monoisotopic (exact) mass is 555 g/mol. The summed E-state index contributed by atoms with van der Waals surface area (Å²) in [4.78, 5) is 36.5. The van der Waals surface area contributed by atoms with Gasteiger partial charge in [-0.15, -0.1) is 0 Å². The molecular weight excluding hydrogens is 527 g/mol. The van der Waals surface area contributed by atoms with Crippen molar-refractivity contribution >= 4 is 23.3 Å². The number of nitrogens with two attached hydrogens (primary N) is 1. The maximum Gasteiger partial charge on any atom is 0.416 e. The van der Waals surface area contributed by atoms with Gasteiger partial charge in [0.05, 0.1) is 11.3 Å². The smallest absolute Gasteiger partial charge is 0.416 e. The van der Waals surface area contributed by atoms with Crippen LogP contribution in [0, 0.1) is 0 Å². The number of hydrogen-bond donors (Lipinski definition) is 3. The van der Waals surface area contributed by atoms with Crippen LogP contribution >= 0.6 is 0 Å². The summed E-state index contributed by atoms with van der Waals surface area (Å²) in [5.41, 5.74) is 5.62. The summed E-state index contributed by atoms with van der Waals surface area (Å²) in [6.07, 6.45) is -3.91. The van der Waals surface area contributed by atoms with Crippen LogP contribution in [0.25, 0.3) is 11.4 Å². The lowest BCUT2D eigenvalue weighted by Crippen LogP contribution is -2.44. The van der Waals surface area contributed by atoms with Crippen molar-refractivity contribution in [2.24, 2.45) is 5.73 Å². The number of primary amides is 1. The molecule has 0 radical (unpaired) electrons. The third-order valence-electron chi connectivity index (χ3n) is 6.82. The van der Waals surface area contributed by atoms with E-state index in [9.17, 15) is 22.8 Å². The van der Waals surface area contributed by atoms with E-state index in [0.717, 1.165) is 25.2 Å². The van der Waals surface area contributed by atoms with Gasteiger partial charge in [0.2, 0.25) is 5.91 Å². The van der Waals surface area contributed by atoms with Crippen molar-refractivity contribution in [3.05, 3.63) is 59.8 Å². The minimum atomic E-state index is -4.48. The lowest BCUT2D eigenvalue weighted by Gasteiger charge is -2.35. The SMILES string of the molecule is CN1CCN(c2cc(C(F)(F)F)ccc2Oc2ccc(-c3nc(N[C@H]4CCNC4=O)cc(C(N)=O)n3)cc2)CC1. The number of hydrogen-bond acceptors (Lipinski definition) is 8. The predicted octanol–water partition coefficient (Wildman–Crippen LogP) is 3.11. The second-order valence-corrected chi connectivity index (χ2v) is 9.70. The summed E-state index contributed by atoms with van der Waals surface area (Å²) in [6.45, 7) is 3.11. The molecule has 0 spiro atoms. The highest BCUT2D eigenvalue weighted by atomic mass is 19.4. The number of alkyl halides is 3. The molecule has 0 unspecified atom stereocenters. The first-order valence-corrected chi connectivity index (χ1v) is 12.7. The Morgan fingerprint density at radius 1 is 1.07 bits per heavy atom. The van der Waals surface area contributed by atoms with Gasteiger partial charge < -0.3 is 30.9 Å². The van der Waals surface area contributed by atoms with E-state index in [1.165, 1.54) is 12.1 Å². The van der Waals surface area contributed by atoms with Crippen molar-refractivity contribution in [1.82, 2.24) is 20.2 Å². The molecule has 3 heterocycles. The Morgan fingerprint density at radius 3 is 2.42 bits per heavy atom. The molecule has 5 rings (SSSR count). The number of carbonyl (C=O) groups is 2. The Labute approximate surface area is 228 Å². The van der Waals surface area contributed by atoms with Crippen molar-refractivity contribution in [3.8, 4) is 22.9 Å². The van der Waals surface area contributed by atoms with Crippen LogP contribution in [-0.4, -0.2) is 72.5 Å². The largest absolute Gasteiger partial charge is 0.455 e. The van der Waals surface area contributed by atoms with Crippen LogP contribution in [0.15, 0.2) is 48.5 Å². The molecule has 1 aromatic heterocycles. The van der Waals surface area contributed by atoms with Crippen molar-refractivity contribution in [2.45, 2.75) is 18.6 Å². The van der Waals surface area contributed by atoms with Crippen molar-refractivity contribution in [2.75, 3.05) is 50.0 Å². The molecule has 2 amide bonds. The molecule has 40 heavy (non-hydrogen) atoms. The van der Waals surface area contributed by atoms with E-state index in [0.29, 0.717) is 48.8 Å². The van der Waals surface area contributed by atoms with Gasteiger partial charge in [0.25, 0.3) is 5.91 Å². The molecule has 0 aliphatic carbocycles. The maximum atomic E-state index is 13.5. The van der Waals surface area contributed by atoms with Gasteiger partial charge in [-0.2, -0.15) is 13.2 Å². The molecular formula is C27H28F3N7O3. The third kappa shape index (κ3) is 6.09. The average molecular weight is 556 g/mol. The highest BCUT2D eigenvalue weighted by Gasteiger charge is 2.32. The number of rotatable bonds is 7. The van der Waals surface area contributed by atoms with E-state index in [1.54, 1.807) is 24.3 Å². The number of nitrogens with one attached hydrogen (secondary N) is 2. The van der Waals surface area contributed by atoms with Crippen LogP contribution in [0.1, 0.15) is 22.5 Å². The molecule has 2 aromatic carbocycles. The molecule has 2 saturated heterocycles. The van der Waals surface area contributed by atoms with Gasteiger partial charge in [0.15, 0.2) is 11.6 Å². The van der Waals surface area contributed by atoms with Crippen LogP contribution in [0.3, 0.4) is 0 Å². The van der Waals surface area contributed by atoms with Crippen LogP contribution < -0.4 is 26.0 Å². The zero-order chi connectivity index (χ0) is 28.4. The summed E-state index contributed by atoms with van der Waals surface area (Å²) >= 11 is 0.